The zero-order chi connectivity index (χ0) is 16.2. The summed E-state index contributed by atoms with van der Waals surface area (Å²) < 4.78 is 1.19. The Balaban J connectivity index is 1.50. The SMILES string of the molecule is CN(C)c1nccc(NC2CCN(Cc3cc(Br)cs3)CC2)n1. The van der Waals surface area contributed by atoms with Crippen molar-refractivity contribution >= 4 is 39.0 Å². The van der Waals surface area contributed by atoms with Crippen molar-refractivity contribution in [1.29, 1.82) is 0 Å². The lowest BCUT2D eigenvalue weighted by atomic mass is 10.1. The van der Waals surface area contributed by atoms with Crippen molar-refractivity contribution < 1.29 is 0 Å². The van der Waals surface area contributed by atoms with Crippen molar-refractivity contribution in [2.24, 2.45) is 0 Å². The number of anilines is 2. The van der Waals surface area contributed by atoms with E-state index in [1.54, 1.807) is 0 Å². The second kappa shape index (κ2) is 7.59. The van der Waals surface area contributed by atoms with Crippen LogP contribution in [0.3, 0.4) is 0 Å². The molecule has 124 valence electrons. The van der Waals surface area contributed by atoms with Crippen molar-refractivity contribution in [2.45, 2.75) is 25.4 Å². The van der Waals surface area contributed by atoms with E-state index in [2.05, 4.69) is 47.6 Å². The standard InChI is InChI=1S/C16H22BrN5S/c1-21(2)16-18-6-3-15(20-16)19-13-4-7-22(8-5-13)10-14-9-12(17)11-23-14/h3,6,9,11,13H,4-5,7-8,10H2,1-2H3,(H,18,19,20). The minimum absolute atomic E-state index is 0.492. The molecule has 1 N–H and O–H groups in total. The van der Waals surface area contributed by atoms with E-state index < -0.39 is 0 Å². The Labute approximate surface area is 149 Å². The van der Waals surface area contributed by atoms with Gasteiger partial charge in [-0.25, -0.2) is 4.98 Å². The van der Waals surface area contributed by atoms with Crippen molar-refractivity contribution in [3.8, 4) is 0 Å². The number of piperidine rings is 1. The molecule has 3 heterocycles. The third kappa shape index (κ3) is 4.65. The first-order chi connectivity index (χ1) is 11.1. The second-order valence-electron chi connectivity index (χ2n) is 6.06. The molecule has 0 bridgehead atoms. The number of halogens is 1. The highest BCUT2D eigenvalue weighted by Crippen LogP contribution is 2.23. The van der Waals surface area contributed by atoms with E-state index in [1.165, 1.54) is 9.35 Å². The minimum atomic E-state index is 0.492. The first-order valence-electron chi connectivity index (χ1n) is 7.82. The Morgan fingerprint density at radius 3 is 2.83 bits per heavy atom. The van der Waals surface area contributed by atoms with Gasteiger partial charge in [0.1, 0.15) is 5.82 Å². The van der Waals surface area contributed by atoms with Gasteiger partial charge in [-0.3, -0.25) is 4.90 Å². The van der Waals surface area contributed by atoms with Gasteiger partial charge < -0.3 is 10.2 Å². The molecule has 0 spiro atoms. The first kappa shape index (κ1) is 16.7. The number of hydrogen-bond donors (Lipinski definition) is 1. The fraction of sp³-hybridized carbons (Fsp3) is 0.500. The van der Waals surface area contributed by atoms with Gasteiger partial charge in [-0.05, 0) is 40.9 Å². The molecule has 0 atom stereocenters. The fourth-order valence-corrected chi connectivity index (χ4v) is 4.24. The highest BCUT2D eigenvalue weighted by atomic mass is 79.9. The number of nitrogens with one attached hydrogen (secondary N) is 1. The summed E-state index contributed by atoms with van der Waals surface area (Å²) in [6.45, 7) is 3.30. The van der Waals surface area contributed by atoms with Crippen molar-refractivity contribution in [1.82, 2.24) is 14.9 Å². The summed E-state index contributed by atoms with van der Waals surface area (Å²) in [4.78, 5) is 14.7. The Bertz CT molecular complexity index is 637. The molecule has 0 aliphatic carbocycles. The number of thiophene rings is 1. The van der Waals surface area contributed by atoms with Gasteiger partial charge in [-0.15, -0.1) is 11.3 Å². The topological polar surface area (TPSA) is 44.3 Å². The maximum Gasteiger partial charge on any atom is 0.226 e. The molecular formula is C16H22BrN5S. The van der Waals surface area contributed by atoms with E-state index in [9.17, 15) is 0 Å². The van der Waals surface area contributed by atoms with Gasteiger partial charge in [0.05, 0.1) is 0 Å². The molecule has 3 rings (SSSR count). The molecule has 0 radical (unpaired) electrons. The van der Waals surface area contributed by atoms with Gasteiger partial charge in [-0.2, -0.15) is 4.98 Å². The van der Waals surface area contributed by atoms with E-state index in [1.807, 2.05) is 42.6 Å². The van der Waals surface area contributed by atoms with E-state index in [-0.39, 0.29) is 0 Å². The maximum absolute atomic E-state index is 4.54. The monoisotopic (exact) mass is 395 g/mol. The fourth-order valence-electron chi connectivity index (χ4n) is 2.75. The van der Waals surface area contributed by atoms with Gasteiger partial charge in [0.2, 0.25) is 5.95 Å². The van der Waals surface area contributed by atoms with E-state index in [4.69, 9.17) is 0 Å². The van der Waals surface area contributed by atoms with E-state index in [0.29, 0.717) is 6.04 Å². The number of aromatic nitrogens is 2. The van der Waals surface area contributed by atoms with Crippen LogP contribution < -0.4 is 10.2 Å². The van der Waals surface area contributed by atoms with Crippen LogP contribution in [0.2, 0.25) is 0 Å². The Morgan fingerprint density at radius 2 is 2.17 bits per heavy atom. The molecule has 1 saturated heterocycles. The predicted molar refractivity (Wildman–Crippen MR) is 100 cm³/mol. The van der Waals surface area contributed by atoms with Gasteiger partial charge in [-0.1, -0.05) is 0 Å². The molecule has 0 amide bonds. The Hall–Kier alpha value is -1.18. The molecule has 7 heteroatoms. The van der Waals surface area contributed by atoms with Crippen LogP contribution in [0.1, 0.15) is 17.7 Å². The molecule has 1 aliphatic rings. The number of likely N-dealkylation sites (tertiary alicyclic amines) is 1. The van der Waals surface area contributed by atoms with Crippen molar-refractivity contribution in [3.63, 3.8) is 0 Å². The molecule has 23 heavy (non-hydrogen) atoms. The third-order valence-corrected chi connectivity index (χ3v) is 5.67. The number of rotatable bonds is 5. The van der Waals surface area contributed by atoms with Crippen LogP contribution in [-0.2, 0) is 6.54 Å². The zero-order valence-electron chi connectivity index (χ0n) is 13.5. The van der Waals surface area contributed by atoms with Crippen molar-refractivity contribution in [3.05, 3.63) is 33.1 Å². The maximum atomic E-state index is 4.54. The van der Waals surface area contributed by atoms with Crippen LogP contribution in [0.4, 0.5) is 11.8 Å². The Kier molecular flexibility index (Phi) is 5.50. The molecule has 5 nitrogen and oxygen atoms in total. The summed E-state index contributed by atoms with van der Waals surface area (Å²) in [6.07, 6.45) is 4.11. The summed E-state index contributed by atoms with van der Waals surface area (Å²) in [6, 6.07) is 4.66. The average Bonchev–Trinajstić information content (AvgIpc) is 2.94. The summed E-state index contributed by atoms with van der Waals surface area (Å²) in [5.74, 6) is 1.67. The molecule has 0 aromatic carbocycles. The van der Waals surface area contributed by atoms with Crippen LogP contribution in [0, 0.1) is 0 Å². The summed E-state index contributed by atoms with van der Waals surface area (Å²) in [7, 11) is 3.92. The quantitative estimate of drug-likeness (QED) is 0.839. The molecule has 1 aliphatic heterocycles. The molecule has 2 aromatic heterocycles. The van der Waals surface area contributed by atoms with Crippen LogP contribution >= 0.6 is 27.3 Å². The second-order valence-corrected chi connectivity index (χ2v) is 7.97. The average molecular weight is 396 g/mol. The first-order valence-corrected chi connectivity index (χ1v) is 9.49. The van der Waals surface area contributed by atoms with Crippen LogP contribution in [0.5, 0.6) is 0 Å². The van der Waals surface area contributed by atoms with E-state index in [0.717, 1.165) is 44.2 Å². The van der Waals surface area contributed by atoms with Crippen LogP contribution in [0.15, 0.2) is 28.2 Å². The van der Waals surface area contributed by atoms with Crippen LogP contribution in [-0.4, -0.2) is 48.1 Å². The minimum Gasteiger partial charge on any atom is -0.367 e. The van der Waals surface area contributed by atoms with Gasteiger partial charge in [0, 0.05) is 60.7 Å². The third-order valence-electron chi connectivity index (χ3n) is 3.98. The summed E-state index contributed by atoms with van der Waals surface area (Å²) in [5.41, 5.74) is 0. The van der Waals surface area contributed by atoms with E-state index >= 15 is 0 Å². The normalized spacial score (nSPS) is 16.5. The largest absolute Gasteiger partial charge is 0.367 e. The van der Waals surface area contributed by atoms with Crippen molar-refractivity contribution in [2.75, 3.05) is 37.4 Å². The lowest BCUT2D eigenvalue weighted by Crippen LogP contribution is -2.38. The number of nitrogens with zero attached hydrogens (tertiary/aromatic N) is 4. The Morgan fingerprint density at radius 1 is 1.39 bits per heavy atom. The lowest BCUT2D eigenvalue weighted by molar-refractivity contribution is 0.213. The van der Waals surface area contributed by atoms with Gasteiger partial charge in [0.25, 0.3) is 0 Å². The molecule has 0 saturated carbocycles. The number of hydrogen-bond acceptors (Lipinski definition) is 6. The smallest absolute Gasteiger partial charge is 0.226 e. The summed E-state index contributed by atoms with van der Waals surface area (Å²) >= 11 is 5.35. The molecule has 0 unspecified atom stereocenters. The highest BCUT2D eigenvalue weighted by molar-refractivity contribution is 9.10. The zero-order valence-corrected chi connectivity index (χ0v) is 15.9. The molecule has 2 aromatic rings. The predicted octanol–water partition coefficient (Wildman–Crippen LogP) is 3.44. The highest BCUT2D eigenvalue weighted by Gasteiger charge is 2.20. The lowest BCUT2D eigenvalue weighted by Gasteiger charge is -2.32. The van der Waals surface area contributed by atoms with Crippen LogP contribution in [0.25, 0.3) is 0 Å². The van der Waals surface area contributed by atoms with Gasteiger partial charge in [0.15, 0.2) is 0 Å². The summed E-state index contributed by atoms with van der Waals surface area (Å²) in [5, 5.41) is 5.71. The van der Waals surface area contributed by atoms with Gasteiger partial charge >= 0.3 is 0 Å². The molecular weight excluding hydrogens is 374 g/mol. The molecule has 1 fully saturated rings.